The maximum atomic E-state index is 15.0. The van der Waals surface area contributed by atoms with Crippen LogP contribution in [0.2, 0.25) is 0 Å². The summed E-state index contributed by atoms with van der Waals surface area (Å²) in [4.78, 5) is 16.0. The van der Waals surface area contributed by atoms with Crippen LogP contribution in [0.1, 0.15) is 60.5 Å². The fourth-order valence-corrected chi connectivity index (χ4v) is 5.94. The summed E-state index contributed by atoms with van der Waals surface area (Å²) < 4.78 is 15.0. The van der Waals surface area contributed by atoms with Crippen LogP contribution in [0, 0.1) is 29.5 Å². The molecule has 2 aromatic heterocycles. The van der Waals surface area contributed by atoms with Crippen molar-refractivity contribution in [3.63, 3.8) is 0 Å². The molecule has 0 bridgehead atoms. The minimum Gasteiger partial charge on any atom is -0.341 e. The molecule has 4 aromatic rings. The number of nitrogens with one attached hydrogen (secondary N) is 4. The molecule has 0 unspecified atom stereocenters. The quantitative estimate of drug-likeness (QED) is 0.340. The first-order valence-electron chi connectivity index (χ1n) is 12.5. The van der Waals surface area contributed by atoms with Crippen molar-refractivity contribution in [2.45, 2.75) is 49.9 Å². The van der Waals surface area contributed by atoms with Crippen molar-refractivity contribution in [2.75, 3.05) is 0 Å². The van der Waals surface area contributed by atoms with Gasteiger partial charge < -0.3 is 20.6 Å². The zero-order chi connectivity index (χ0) is 23.1. The van der Waals surface area contributed by atoms with Gasteiger partial charge in [-0.25, -0.2) is 14.4 Å². The van der Waals surface area contributed by atoms with Gasteiger partial charge in [0.1, 0.15) is 17.5 Å². The largest absolute Gasteiger partial charge is 0.341 e. The van der Waals surface area contributed by atoms with E-state index in [1.165, 1.54) is 18.9 Å². The van der Waals surface area contributed by atoms with Crippen LogP contribution in [0.15, 0.2) is 42.6 Å². The van der Waals surface area contributed by atoms with Gasteiger partial charge in [-0.2, -0.15) is 0 Å². The van der Waals surface area contributed by atoms with Crippen LogP contribution in [0.3, 0.4) is 0 Å². The van der Waals surface area contributed by atoms with Crippen molar-refractivity contribution >= 4 is 11.0 Å². The molecule has 8 rings (SSSR count). The summed E-state index contributed by atoms with van der Waals surface area (Å²) in [5.74, 6) is 9.50. The van der Waals surface area contributed by atoms with Gasteiger partial charge >= 0.3 is 0 Å². The third kappa shape index (κ3) is 3.48. The number of imidazole rings is 2. The Kier molecular flexibility index (Phi) is 4.11. The monoisotopic (exact) mass is 464 g/mol. The van der Waals surface area contributed by atoms with Crippen LogP contribution in [-0.4, -0.2) is 32.0 Å². The maximum absolute atomic E-state index is 15.0. The number of benzene rings is 2. The average Bonchev–Trinajstić information content (AvgIpc) is 3.45. The van der Waals surface area contributed by atoms with E-state index in [9.17, 15) is 4.39 Å². The van der Waals surface area contributed by atoms with E-state index in [2.05, 4.69) is 37.4 Å². The van der Waals surface area contributed by atoms with Gasteiger partial charge in [0.2, 0.25) is 0 Å². The van der Waals surface area contributed by atoms with Crippen molar-refractivity contribution in [3.8, 4) is 23.1 Å². The number of halogens is 1. The molecule has 7 heteroatoms. The maximum Gasteiger partial charge on any atom is 0.133 e. The molecule has 2 aliphatic heterocycles. The Bertz CT molecular complexity index is 1520. The van der Waals surface area contributed by atoms with Crippen molar-refractivity contribution in [2.24, 2.45) is 11.8 Å². The molecule has 0 spiro atoms. The van der Waals surface area contributed by atoms with Crippen molar-refractivity contribution < 1.29 is 4.39 Å². The fraction of sp³-hybridized carbons (Fsp3) is 0.357. The van der Waals surface area contributed by atoms with Gasteiger partial charge in [-0.3, -0.25) is 0 Å². The SMILES string of the molecule is Fc1cc(C#Cc2ccc3nc([C@@H]4C[C@H]5C[C@H]5N4)[nH]c3c2)ccc1-c1cnc([C@@H]2C[C@H]3C[C@H]3N2)[nH]1. The Morgan fingerprint density at radius 2 is 1.51 bits per heavy atom. The molecule has 4 heterocycles. The lowest BCUT2D eigenvalue weighted by molar-refractivity contribution is 0.543. The highest BCUT2D eigenvalue weighted by molar-refractivity contribution is 5.77. The number of aromatic nitrogens is 4. The zero-order valence-electron chi connectivity index (χ0n) is 19.1. The molecular formula is C28H25FN6. The predicted molar refractivity (Wildman–Crippen MR) is 131 cm³/mol. The number of aromatic amines is 2. The number of hydrogen-bond acceptors (Lipinski definition) is 4. The summed E-state index contributed by atoms with van der Waals surface area (Å²) in [5, 5.41) is 7.22. The molecule has 2 aromatic carbocycles. The molecule has 174 valence electrons. The van der Waals surface area contributed by atoms with E-state index >= 15 is 0 Å². The van der Waals surface area contributed by atoms with Crippen LogP contribution < -0.4 is 10.6 Å². The second kappa shape index (κ2) is 7.27. The van der Waals surface area contributed by atoms with Crippen LogP contribution in [0.25, 0.3) is 22.3 Å². The highest BCUT2D eigenvalue weighted by atomic mass is 19.1. The van der Waals surface area contributed by atoms with Crippen LogP contribution >= 0.6 is 0 Å². The highest BCUT2D eigenvalue weighted by Crippen LogP contribution is 2.46. The van der Waals surface area contributed by atoms with Gasteiger partial charge in [0, 0.05) is 28.8 Å². The highest BCUT2D eigenvalue weighted by Gasteiger charge is 2.47. The number of H-pyrrole nitrogens is 2. The summed E-state index contributed by atoms with van der Waals surface area (Å²) in [6.07, 6.45) is 6.58. The Morgan fingerprint density at radius 1 is 0.800 bits per heavy atom. The van der Waals surface area contributed by atoms with E-state index in [4.69, 9.17) is 4.98 Å². The van der Waals surface area contributed by atoms with E-state index in [-0.39, 0.29) is 11.9 Å². The summed E-state index contributed by atoms with van der Waals surface area (Å²) in [5.41, 5.74) is 4.67. The van der Waals surface area contributed by atoms with Crippen LogP contribution in [0.4, 0.5) is 4.39 Å². The molecule has 0 amide bonds. The second-order valence-electron chi connectivity index (χ2n) is 10.6. The second-order valence-corrected chi connectivity index (χ2v) is 10.6. The minimum atomic E-state index is -0.301. The number of nitrogens with zero attached hydrogens (tertiary/aromatic N) is 2. The summed E-state index contributed by atoms with van der Waals surface area (Å²) in [7, 11) is 0. The van der Waals surface area contributed by atoms with E-state index in [0.29, 0.717) is 34.9 Å². The first kappa shape index (κ1) is 19.8. The van der Waals surface area contributed by atoms with Gasteiger partial charge in [-0.05, 0) is 73.9 Å². The van der Waals surface area contributed by atoms with Gasteiger partial charge in [-0.15, -0.1) is 0 Å². The molecule has 0 radical (unpaired) electrons. The zero-order valence-corrected chi connectivity index (χ0v) is 19.1. The number of fused-ring (bicyclic) bond motifs is 3. The Morgan fingerprint density at radius 3 is 2.23 bits per heavy atom. The lowest BCUT2D eigenvalue weighted by atomic mass is 10.1. The molecule has 4 fully saturated rings. The van der Waals surface area contributed by atoms with Crippen LogP contribution in [-0.2, 0) is 0 Å². The lowest BCUT2D eigenvalue weighted by Gasteiger charge is -2.09. The minimum absolute atomic E-state index is 0.254. The average molecular weight is 465 g/mol. The Labute approximate surface area is 202 Å². The molecule has 6 nitrogen and oxygen atoms in total. The van der Waals surface area contributed by atoms with Gasteiger partial charge in [0.05, 0.1) is 35.0 Å². The Balaban J connectivity index is 1.01. The van der Waals surface area contributed by atoms with Gasteiger partial charge in [-0.1, -0.05) is 11.8 Å². The first-order chi connectivity index (χ1) is 17.2. The van der Waals surface area contributed by atoms with Gasteiger partial charge in [0.25, 0.3) is 0 Å². The van der Waals surface area contributed by atoms with E-state index in [1.807, 2.05) is 24.3 Å². The number of piperidine rings is 2. The van der Waals surface area contributed by atoms with E-state index in [1.54, 1.807) is 12.3 Å². The first-order valence-corrected chi connectivity index (χ1v) is 12.5. The molecule has 35 heavy (non-hydrogen) atoms. The summed E-state index contributed by atoms with van der Waals surface area (Å²) in [6, 6.07) is 13.0. The molecular weight excluding hydrogens is 439 g/mol. The van der Waals surface area contributed by atoms with Crippen LogP contribution in [0.5, 0.6) is 0 Å². The topological polar surface area (TPSA) is 81.4 Å². The number of hydrogen-bond donors (Lipinski definition) is 4. The molecule has 2 saturated heterocycles. The molecule has 4 aliphatic rings. The van der Waals surface area contributed by atoms with Gasteiger partial charge in [0.15, 0.2) is 0 Å². The van der Waals surface area contributed by atoms with Crippen molar-refractivity contribution in [1.29, 1.82) is 0 Å². The predicted octanol–water partition coefficient (Wildman–Crippen LogP) is 4.34. The Hall–Kier alpha value is -3.47. The fourth-order valence-electron chi connectivity index (χ4n) is 5.94. The molecule has 6 atom stereocenters. The normalized spacial score (nSPS) is 30.1. The standard InChI is InChI=1S/C28H25FN6/c29-19-7-14(3-5-18(19)26-13-30-27(35-26)24-11-16-9-21(16)31-24)1-2-15-4-6-20-23(8-15)34-28(33-20)25-12-17-10-22(17)32-25/h3-8,13,16-17,21-22,24-25,31-32H,9-12H2,(H,30,35)(H,33,34)/t16-,17-,21-,22-,24+,25+/m1/s1. The lowest BCUT2D eigenvalue weighted by Crippen LogP contribution is -2.18. The third-order valence-corrected chi connectivity index (χ3v) is 8.12. The van der Waals surface area contributed by atoms with Crippen molar-refractivity contribution in [3.05, 3.63) is 71.2 Å². The summed E-state index contributed by atoms with van der Waals surface area (Å²) in [6.45, 7) is 0. The molecule has 2 saturated carbocycles. The van der Waals surface area contributed by atoms with E-state index in [0.717, 1.165) is 52.9 Å². The molecule has 4 N–H and O–H groups in total. The smallest absolute Gasteiger partial charge is 0.133 e. The number of rotatable bonds is 3. The third-order valence-electron chi connectivity index (χ3n) is 8.12. The van der Waals surface area contributed by atoms with Crippen molar-refractivity contribution in [1.82, 2.24) is 30.6 Å². The summed E-state index contributed by atoms with van der Waals surface area (Å²) >= 11 is 0. The van der Waals surface area contributed by atoms with E-state index < -0.39 is 0 Å². The molecule has 2 aliphatic carbocycles.